The van der Waals surface area contributed by atoms with Gasteiger partial charge in [-0.15, -0.1) is 0 Å². The van der Waals surface area contributed by atoms with Crippen LogP contribution in [0.2, 0.25) is 0 Å². The molecule has 0 aliphatic rings. The standard InChI is InChI=1S/C14H21N5O2S/c1-4-5-6-12-7-8-15-14(17-12)18-22(20,21)13-9-16-19(10-13)11(2)3/h7-11H,4-6H2,1-3H3,(H,15,17,18). The molecule has 0 aromatic carbocycles. The van der Waals surface area contributed by atoms with Gasteiger partial charge in [-0.1, -0.05) is 13.3 Å². The maximum Gasteiger partial charge on any atom is 0.267 e. The fourth-order valence-corrected chi connectivity index (χ4v) is 2.75. The van der Waals surface area contributed by atoms with E-state index in [2.05, 4.69) is 26.7 Å². The smallest absolute Gasteiger partial charge is 0.267 e. The predicted octanol–water partition coefficient (Wildman–Crippen LogP) is 2.40. The summed E-state index contributed by atoms with van der Waals surface area (Å²) in [6.45, 7) is 5.95. The van der Waals surface area contributed by atoms with Crippen molar-refractivity contribution in [3.8, 4) is 0 Å². The molecule has 2 rings (SSSR count). The van der Waals surface area contributed by atoms with Crippen LogP contribution in [0.15, 0.2) is 29.6 Å². The molecular weight excluding hydrogens is 302 g/mol. The molecule has 0 saturated carbocycles. The first-order valence-corrected chi connectivity index (χ1v) is 8.79. The Balaban J connectivity index is 2.17. The lowest BCUT2D eigenvalue weighted by Crippen LogP contribution is -2.15. The van der Waals surface area contributed by atoms with Gasteiger partial charge in [0.1, 0.15) is 4.90 Å². The summed E-state index contributed by atoms with van der Waals surface area (Å²) < 4.78 is 28.6. The van der Waals surface area contributed by atoms with Crippen molar-refractivity contribution in [3.05, 3.63) is 30.4 Å². The molecule has 120 valence electrons. The molecule has 0 radical (unpaired) electrons. The Kier molecular flexibility index (Phi) is 5.12. The number of hydrogen-bond donors (Lipinski definition) is 1. The zero-order valence-electron chi connectivity index (χ0n) is 13.0. The van der Waals surface area contributed by atoms with Gasteiger partial charge in [0.25, 0.3) is 10.0 Å². The number of unbranched alkanes of at least 4 members (excludes halogenated alkanes) is 1. The van der Waals surface area contributed by atoms with Crippen molar-refractivity contribution >= 4 is 16.0 Å². The maximum atomic E-state index is 12.3. The van der Waals surface area contributed by atoms with Gasteiger partial charge in [-0.25, -0.2) is 23.1 Å². The van der Waals surface area contributed by atoms with Crippen molar-refractivity contribution in [2.45, 2.75) is 51.0 Å². The topological polar surface area (TPSA) is 89.8 Å². The summed E-state index contributed by atoms with van der Waals surface area (Å²) >= 11 is 0. The van der Waals surface area contributed by atoms with Crippen LogP contribution in [0, 0.1) is 0 Å². The molecule has 7 nitrogen and oxygen atoms in total. The lowest BCUT2D eigenvalue weighted by Gasteiger charge is -2.06. The van der Waals surface area contributed by atoms with Gasteiger partial charge < -0.3 is 0 Å². The average Bonchev–Trinajstić information content (AvgIpc) is 2.96. The summed E-state index contributed by atoms with van der Waals surface area (Å²) in [5, 5.41) is 4.04. The highest BCUT2D eigenvalue weighted by Gasteiger charge is 2.18. The van der Waals surface area contributed by atoms with Gasteiger partial charge in [-0.3, -0.25) is 4.68 Å². The second-order valence-corrected chi connectivity index (χ2v) is 7.01. The summed E-state index contributed by atoms with van der Waals surface area (Å²) in [7, 11) is -3.72. The molecule has 1 N–H and O–H groups in total. The summed E-state index contributed by atoms with van der Waals surface area (Å²) in [6.07, 6.45) is 7.24. The van der Waals surface area contributed by atoms with Crippen molar-refractivity contribution in [3.63, 3.8) is 0 Å². The molecule has 0 atom stereocenters. The van der Waals surface area contributed by atoms with Crippen molar-refractivity contribution in [1.29, 1.82) is 0 Å². The molecule has 2 aromatic rings. The first kappa shape index (κ1) is 16.4. The summed E-state index contributed by atoms with van der Waals surface area (Å²) in [6, 6.07) is 1.89. The normalized spacial score (nSPS) is 11.8. The Hall–Kier alpha value is -1.96. The molecule has 2 heterocycles. The van der Waals surface area contributed by atoms with Crippen LogP contribution in [0.4, 0.5) is 5.95 Å². The van der Waals surface area contributed by atoms with Gasteiger partial charge in [0.2, 0.25) is 5.95 Å². The highest BCUT2D eigenvalue weighted by atomic mass is 32.2. The predicted molar refractivity (Wildman–Crippen MR) is 84.1 cm³/mol. The van der Waals surface area contributed by atoms with Crippen LogP contribution in [0.5, 0.6) is 0 Å². The van der Waals surface area contributed by atoms with Crippen LogP contribution in [-0.4, -0.2) is 28.2 Å². The van der Waals surface area contributed by atoms with Crippen LogP contribution in [-0.2, 0) is 16.4 Å². The van der Waals surface area contributed by atoms with Gasteiger partial charge in [-0.05, 0) is 32.8 Å². The van der Waals surface area contributed by atoms with Crippen LogP contribution in [0.3, 0.4) is 0 Å². The summed E-state index contributed by atoms with van der Waals surface area (Å²) in [5.41, 5.74) is 0.826. The highest BCUT2D eigenvalue weighted by molar-refractivity contribution is 7.92. The minimum Gasteiger partial charge on any atom is -0.269 e. The minimum absolute atomic E-state index is 0.0888. The number of nitrogens with one attached hydrogen (secondary N) is 1. The SMILES string of the molecule is CCCCc1ccnc(NS(=O)(=O)c2cnn(C(C)C)c2)n1. The van der Waals surface area contributed by atoms with Crippen molar-refractivity contribution < 1.29 is 8.42 Å². The van der Waals surface area contributed by atoms with E-state index in [9.17, 15) is 8.42 Å². The number of nitrogens with zero attached hydrogens (tertiary/aromatic N) is 4. The lowest BCUT2D eigenvalue weighted by molar-refractivity contribution is 0.531. The number of anilines is 1. The first-order chi connectivity index (χ1) is 10.4. The largest absolute Gasteiger partial charge is 0.269 e. The molecule has 0 aliphatic heterocycles. The molecule has 0 unspecified atom stereocenters. The lowest BCUT2D eigenvalue weighted by atomic mass is 10.2. The van der Waals surface area contributed by atoms with E-state index in [0.29, 0.717) is 0 Å². The van der Waals surface area contributed by atoms with Gasteiger partial charge in [0.15, 0.2) is 0 Å². The summed E-state index contributed by atoms with van der Waals surface area (Å²) in [4.78, 5) is 8.31. The van der Waals surface area contributed by atoms with Crippen molar-refractivity contribution in [2.24, 2.45) is 0 Å². The first-order valence-electron chi connectivity index (χ1n) is 7.31. The zero-order chi connectivity index (χ0) is 16.2. The molecule has 0 fully saturated rings. The molecule has 0 spiro atoms. The molecule has 2 aromatic heterocycles. The number of rotatable bonds is 7. The van der Waals surface area contributed by atoms with E-state index in [1.165, 1.54) is 12.4 Å². The minimum atomic E-state index is -3.72. The highest BCUT2D eigenvalue weighted by Crippen LogP contribution is 2.14. The van der Waals surface area contributed by atoms with Crippen LogP contribution < -0.4 is 4.72 Å². The fourth-order valence-electron chi connectivity index (χ4n) is 1.86. The Morgan fingerprint density at radius 1 is 1.36 bits per heavy atom. The third-order valence-corrected chi connectivity index (χ3v) is 4.43. The van der Waals surface area contributed by atoms with Crippen molar-refractivity contribution in [2.75, 3.05) is 4.72 Å². The molecule has 0 saturated heterocycles. The quantitative estimate of drug-likeness (QED) is 0.845. The van der Waals surface area contributed by atoms with Gasteiger partial charge >= 0.3 is 0 Å². The second-order valence-electron chi connectivity index (χ2n) is 5.33. The Bertz CT molecular complexity index is 724. The van der Waals surface area contributed by atoms with E-state index in [-0.39, 0.29) is 16.9 Å². The van der Waals surface area contributed by atoms with E-state index in [1.54, 1.807) is 16.9 Å². The van der Waals surface area contributed by atoms with E-state index in [1.807, 2.05) is 13.8 Å². The van der Waals surface area contributed by atoms with Gasteiger partial charge in [-0.2, -0.15) is 5.10 Å². The summed E-state index contributed by atoms with van der Waals surface area (Å²) in [5.74, 6) is 0.0888. The maximum absolute atomic E-state index is 12.3. The van der Waals surface area contributed by atoms with Crippen LogP contribution in [0.1, 0.15) is 45.3 Å². The van der Waals surface area contributed by atoms with Crippen LogP contribution in [0.25, 0.3) is 0 Å². The van der Waals surface area contributed by atoms with E-state index < -0.39 is 10.0 Å². The van der Waals surface area contributed by atoms with Crippen LogP contribution >= 0.6 is 0 Å². The third-order valence-electron chi connectivity index (χ3n) is 3.14. The Labute approximate surface area is 130 Å². The molecular formula is C14H21N5O2S. The van der Waals surface area contributed by atoms with E-state index in [0.717, 1.165) is 25.0 Å². The monoisotopic (exact) mass is 323 g/mol. The second kappa shape index (κ2) is 6.87. The molecule has 0 aliphatic carbocycles. The van der Waals surface area contributed by atoms with E-state index in [4.69, 9.17) is 0 Å². The van der Waals surface area contributed by atoms with E-state index >= 15 is 0 Å². The van der Waals surface area contributed by atoms with Gasteiger partial charge in [0, 0.05) is 24.1 Å². The zero-order valence-corrected chi connectivity index (χ0v) is 13.8. The number of aryl methyl sites for hydroxylation is 1. The molecule has 0 bridgehead atoms. The molecule has 22 heavy (non-hydrogen) atoms. The number of sulfonamides is 1. The third kappa shape index (κ3) is 4.03. The number of aromatic nitrogens is 4. The van der Waals surface area contributed by atoms with Gasteiger partial charge in [0.05, 0.1) is 6.20 Å². The van der Waals surface area contributed by atoms with Crippen molar-refractivity contribution in [1.82, 2.24) is 19.7 Å². The Morgan fingerprint density at radius 3 is 2.77 bits per heavy atom. The average molecular weight is 323 g/mol. The Morgan fingerprint density at radius 2 is 2.14 bits per heavy atom. The molecule has 0 amide bonds. The fraction of sp³-hybridized carbons (Fsp3) is 0.500. The number of hydrogen-bond acceptors (Lipinski definition) is 5. The molecule has 8 heteroatoms.